The Morgan fingerprint density at radius 3 is 2.58 bits per heavy atom. The number of anilines is 1. The van der Waals surface area contributed by atoms with Crippen molar-refractivity contribution < 1.29 is 33.7 Å². The minimum absolute atomic E-state index is 0.0580. The molecule has 214 valence electrons. The molecule has 1 fully saturated rings. The smallest absolute Gasteiger partial charge is 0.486 e. The molecule has 2 unspecified atom stereocenters. The number of amides is 2. The summed E-state index contributed by atoms with van der Waals surface area (Å²) in [4.78, 5) is 42.1. The van der Waals surface area contributed by atoms with Gasteiger partial charge >= 0.3 is 6.16 Å². The van der Waals surface area contributed by atoms with Crippen LogP contribution in [0.25, 0.3) is 0 Å². The van der Waals surface area contributed by atoms with Gasteiger partial charge in [0.1, 0.15) is 19.3 Å². The molecule has 10 heteroatoms. The summed E-state index contributed by atoms with van der Waals surface area (Å²) in [5, 5.41) is 9.49. The van der Waals surface area contributed by atoms with Gasteiger partial charge in [0.05, 0.1) is 0 Å². The zero-order valence-electron chi connectivity index (χ0n) is 22.8. The van der Waals surface area contributed by atoms with Crippen molar-refractivity contribution >= 4 is 35.3 Å². The third-order valence-electron chi connectivity index (χ3n) is 7.79. The number of piperidine rings is 1. The molecule has 2 aromatic carbocycles. The number of rotatable bonds is 6. The van der Waals surface area contributed by atoms with E-state index in [9.17, 15) is 14.4 Å². The summed E-state index contributed by atoms with van der Waals surface area (Å²) in [5.74, 6) is 0.513. The first kappa shape index (κ1) is 28.1. The minimum atomic E-state index is -1.30. The maximum atomic E-state index is 14.2. The monoisotopic (exact) mass is 570 g/mol. The Balaban J connectivity index is 1.49. The molecular weight excluding hydrogens is 536 g/mol. The van der Waals surface area contributed by atoms with Crippen molar-refractivity contribution in [2.75, 3.05) is 37.7 Å². The van der Waals surface area contributed by atoms with Crippen LogP contribution in [0.4, 0.5) is 10.5 Å². The van der Waals surface area contributed by atoms with Gasteiger partial charge in [-0.3, -0.25) is 9.59 Å². The van der Waals surface area contributed by atoms with E-state index in [1.165, 1.54) is 0 Å². The summed E-state index contributed by atoms with van der Waals surface area (Å²) < 4.78 is 16.8. The molecule has 9 nitrogen and oxygen atoms in total. The highest BCUT2D eigenvalue weighted by atomic mass is 35.5. The van der Waals surface area contributed by atoms with E-state index in [1.807, 2.05) is 35.2 Å². The number of carbonyl (C=O) groups is 3. The van der Waals surface area contributed by atoms with E-state index >= 15 is 0 Å². The Labute approximate surface area is 238 Å². The Hall–Kier alpha value is -3.46. The van der Waals surface area contributed by atoms with Gasteiger partial charge in [0.15, 0.2) is 11.5 Å². The third kappa shape index (κ3) is 5.99. The Kier molecular flexibility index (Phi) is 8.40. The van der Waals surface area contributed by atoms with Gasteiger partial charge in [0.2, 0.25) is 11.8 Å². The highest BCUT2D eigenvalue weighted by Crippen LogP contribution is 2.48. The fourth-order valence-corrected chi connectivity index (χ4v) is 6.18. The number of likely N-dealkylation sites (tertiary alicyclic amines) is 1. The van der Waals surface area contributed by atoms with Crippen LogP contribution in [-0.2, 0) is 14.3 Å². The lowest BCUT2D eigenvalue weighted by atomic mass is 9.82. The van der Waals surface area contributed by atoms with Crippen LogP contribution in [0.3, 0.4) is 0 Å². The summed E-state index contributed by atoms with van der Waals surface area (Å²) in [7, 11) is 0. The Morgan fingerprint density at radius 1 is 1.10 bits per heavy atom. The molecule has 0 radical (unpaired) electrons. The van der Waals surface area contributed by atoms with E-state index in [2.05, 4.69) is 13.8 Å². The number of ether oxygens (including phenoxy) is 3. The van der Waals surface area contributed by atoms with E-state index in [0.29, 0.717) is 68.6 Å². The predicted octanol–water partition coefficient (Wildman–Crippen LogP) is 5.33. The van der Waals surface area contributed by atoms with Crippen LogP contribution >= 0.6 is 11.6 Å². The van der Waals surface area contributed by atoms with E-state index in [0.717, 1.165) is 16.8 Å². The Bertz CT molecular complexity index is 1270. The van der Waals surface area contributed by atoms with E-state index < -0.39 is 18.2 Å². The first-order valence-corrected chi connectivity index (χ1v) is 14.3. The van der Waals surface area contributed by atoms with Gasteiger partial charge < -0.3 is 29.1 Å². The molecule has 0 bridgehead atoms. The standard InChI is InChI=1S/C30H35ClN2O7/c1-18(2)17-33-25-7-6-20(31)16-24(25)23(22-4-3-5-26-28(22)39-13-12-38-26)14-19(29(33)35)15-27(34)32-10-8-21(9-11-32)40-30(36)37/h3-7,16,18-19,21,23H,8-15,17H2,1-2H3,(H,36,37). The molecule has 0 spiro atoms. The number of nitrogens with zero attached hydrogens (tertiary/aromatic N) is 2. The van der Waals surface area contributed by atoms with Gasteiger partial charge in [0.25, 0.3) is 0 Å². The normalized spacial score (nSPS) is 21.1. The molecule has 2 amide bonds. The maximum Gasteiger partial charge on any atom is 0.506 e. The second kappa shape index (κ2) is 12.0. The van der Waals surface area contributed by atoms with Crippen molar-refractivity contribution in [3.8, 4) is 11.5 Å². The summed E-state index contributed by atoms with van der Waals surface area (Å²) in [5.41, 5.74) is 2.62. The van der Waals surface area contributed by atoms with E-state index in [4.69, 9.17) is 30.9 Å². The fraction of sp³-hybridized carbons (Fsp3) is 0.500. The topological polar surface area (TPSA) is 106 Å². The first-order valence-electron chi connectivity index (χ1n) is 13.9. The summed E-state index contributed by atoms with van der Waals surface area (Å²) in [6, 6.07) is 11.4. The number of hydrogen-bond acceptors (Lipinski definition) is 6. The van der Waals surface area contributed by atoms with Crippen LogP contribution in [0.5, 0.6) is 11.5 Å². The van der Waals surface area contributed by atoms with E-state index in [1.54, 1.807) is 11.0 Å². The molecule has 1 N–H and O–H groups in total. The van der Waals surface area contributed by atoms with Crippen molar-refractivity contribution in [2.24, 2.45) is 11.8 Å². The molecule has 1 saturated heterocycles. The van der Waals surface area contributed by atoms with Crippen LogP contribution in [0.15, 0.2) is 36.4 Å². The summed E-state index contributed by atoms with van der Waals surface area (Å²) in [6.45, 7) is 6.32. The van der Waals surface area contributed by atoms with Crippen molar-refractivity contribution in [3.05, 3.63) is 52.5 Å². The number of benzene rings is 2. The van der Waals surface area contributed by atoms with Gasteiger partial charge in [-0.2, -0.15) is 0 Å². The molecule has 2 aromatic rings. The SMILES string of the molecule is CC(C)CN1C(=O)C(CC(=O)N2CCC(OC(=O)O)CC2)CC(c2cccc3c2OCCO3)c2cc(Cl)ccc21. The molecule has 3 heterocycles. The molecule has 3 aliphatic heterocycles. The third-order valence-corrected chi connectivity index (χ3v) is 8.03. The molecule has 2 atom stereocenters. The minimum Gasteiger partial charge on any atom is -0.486 e. The van der Waals surface area contributed by atoms with Crippen LogP contribution in [0.2, 0.25) is 5.02 Å². The molecule has 5 rings (SSSR count). The predicted molar refractivity (Wildman–Crippen MR) is 149 cm³/mol. The second-order valence-electron chi connectivity index (χ2n) is 11.1. The summed E-state index contributed by atoms with van der Waals surface area (Å²) >= 11 is 6.51. The number of carbonyl (C=O) groups excluding carboxylic acids is 2. The second-order valence-corrected chi connectivity index (χ2v) is 11.5. The quantitative estimate of drug-likeness (QED) is 0.468. The fourth-order valence-electron chi connectivity index (χ4n) is 6.00. The molecule has 0 aromatic heterocycles. The zero-order chi connectivity index (χ0) is 28.4. The van der Waals surface area contributed by atoms with Gasteiger partial charge in [-0.05, 0) is 42.2 Å². The van der Waals surface area contributed by atoms with Crippen LogP contribution < -0.4 is 14.4 Å². The molecule has 0 saturated carbocycles. The van der Waals surface area contributed by atoms with Crippen molar-refractivity contribution in [1.29, 1.82) is 0 Å². The number of hydrogen-bond donors (Lipinski definition) is 1. The molecule has 3 aliphatic rings. The summed E-state index contributed by atoms with van der Waals surface area (Å²) in [6.07, 6.45) is -0.375. The van der Waals surface area contributed by atoms with Crippen molar-refractivity contribution in [2.45, 2.75) is 51.6 Å². The van der Waals surface area contributed by atoms with E-state index in [-0.39, 0.29) is 30.1 Å². The molecule has 0 aliphatic carbocycles. The van der Waals surface area contributed by atoms with Crippen LogP contribution in [0, 0.1) is 11.8 Å². The highest BCUT2D eigenvalue weighted by Gasteiger charge is 2.39. The van der Waals surface area contributed by atoms with Gasteiger partial charge in [-0.15, -0.1) is 0 Å². The Morgan fingerprint density at radius 2 is 1.85 bits per heavy atom. The largest absolute Gasteiger partial charge is 0.506 e. The van der Waals surface area contributed by atoms with Crippen molar-refractivity contribution in [3.63, 3.8) is 0 Å². The molecule has 40 heavy (non-hydrogen) atoms. The lowest BCUT2D eigenvalue weighted by Crippen LogP contribution is -2.44. The van der Waals surface area contributed by atoms with Gasteiger partial charge in [-0.25, -0.2) is 4.79 Å². The number of carboxylic acid groups (broad SMARTS) is 1. The van der Waals surface area contributed by atoms with Gasteiger partial charge in [-0.1, -0.05) is 37.6 Å². The van der Waals surface area contributed by atoms with Crippen LogP contribution in [-0.4, -0.2) is 66.9 Å². The number of fused-ring (bicyclic) bond motifs is 2. The number of para-hydroxylation sites is 1. The number of halogens is 1. The highest BCUT2D eigenvalue weighted by molar-refractivity contribution is 6.30. The zero-order valence-corrected chi connectivity index (χ0v) is 23.6. The van der Waals surface area contributed by atoms with Crippen LogP contribution in [0.1, 0.15) is 56.6 Å². The average Bonchev–Trinajstić information content (AvgIpc) is 3.03. The van der Waals surface area contributed by atoms with Gasteiger partial charge in [0, 0.05) is 67.0 Å². The van der Waals surface area contributed by atoms with Crippen molar-refractivity contribution in [1.82, 2.24) is 4.90 Å². The lowest BCUT2D eigenvalue weighted by molar-refractivity contribution is -0.137. The first-order chi connectivity index (χ1) is 19.2. The average molecular weight is 571 g/mol. The molecular formula is C30H35ClN2O7. The maximum absolute atomic E-state index is 14.2. The lowest BCUT2D eigenvalue weighted by Gasteiger charge is -2.32.